The molecule has 0 unspecified atom stereocenters. The second-order valence-electron chi connectivity index (χ2n) is 10.5. The van der Waals surface area contributed by atoms with Crippen LogP contribution in [0.15, 0.2) is 91.0 Å². The van der Waals surface area contributed by atoms with E-state index in [-0.39, 0.29) is 5.91 Å². The lowest BCUT2D eigenvalue weighted by Crippen LogP contribution is -2.51. The zero-order valence-corrected chi connectivity index (χ0v) is 21.2. The molecule has 2 heterocycles. The molecule has 4 nitrogen and oxygen atoms in total. The fourth-order valence-electron chi connectivity index (χ4n) is 6.13. The van der Waals surface area contributed by atoms with E-state index in [4.69, 9.17) is 0 Å². The number of carbonyl (C=O) groups is 1. The van der Waals surface area contributed by atoms with Crippen LogP contribution in [0.2, 0.25) is 0 Å². The molecule has 1 N–H and O–H groups in total. The standard InChI is InChI=1S/C32H38N2O2/c35-30(34-22-11-4-12-23-34)32(28-15-7-2-8-16-28,29-17-9-3-10-18-29)21-26-33-24-19-31(36,20-25-33)27-13-5-1-6-14-27/h1-3,5-10,13-18,36H,4,11-12,19-26H2. The Hall–Kier alpha value is -2.95. The first-order valence-corrected chi connectivity index (χ1v) is 13.5. The van der Waals surface area contributed by atoms with E-state index in [2.05, 4.69) is 58.3 Å². The molecule has 2 fully saturated rings. The second kappa shape index (κ2) is 11.0. The predicted molar refractivity (Wildman–Crippen MR) is 145 cm³/mol. The van der Waals surface area contributed by atoms with Gasteiger partial charge in [-0.1, -0.05) is 91.0 Å². The maximum atomic E-state index is 14.4. The summed E-state index contributed by atoms with van der Waals surface area (Å²) in [6.07, 6.45) is 5.50. The zero-order chi connectivity index (χ0) is 24.8. The van der Waals surface area contributed by atoms with Crippen molar-refractivity contribution in [3.63, 3.8) is 0 Å². The highest BCUT2D eigenvalue weighted by atomic mass is 16.3. The van der Waals surface area contributed by atoms with Gasteiger partial charge in [-0.25, -0.2) is 0 Å². The Bertz CT molecular complexity index is 1060. The summed E-state index contributed by atoms with van der Waals surface area (Å²) in [5, 5.41) is 11.3. The molecular formula is C32H38N2O2. The van der Waals surface area contributed by atoms with E-state index < -0.39 is 11.0 Å². The van der Waals surface area contributed by atoms with Crippen molar-refractivity contribution >= 4 is 5.91 Å². The normalized spacial score (nSPS) is 18.6. The van der Waals surface area contributed by atoms with Crippen molar-refractivity contribution in [2.75, 3.05) is 32.7 Å². The number of likely N-dealkylation sites (tertiary alicyclic amines) is 2. The molecule has 188 valence electrons. The highest BCUT2D eigenvalue weighted by Crippen LogP contribution is 2.40. The summed E-state index contributed by atoms with van der Waals surface area (Å²) in [4.78, 5) is 19.0. The van der Waals surface area contributed by atoms with Gasteiger partial charge in [-0.2, -0.15) is 0 Å². The quantitative estimate of drug-likeness (QED) is 0.493. The van der Waals surface area contributed by atoms with Gasteiger partial charge in [-0.15, -0.1) is 0 Å². The zero-order valence-electron chi connectivity index (χ0n) is 21.2. The molecule has 0 aromatic heterocycles. The SMILES string of the molecule is O=C(N1CCCCC1)C(CCN1CCC(O)(c2ccccc2)CC1)(c1ccccc1)c1ccccc1. The van der Waals surface area contributed by atoms with E-state index in [1.807, 2.05) is 42.5 Å². The summed E-state index contributed by atoms with van der Waals surface area (Å²) in [6, 6.07) is 30.8. The largest absolute Gasteiger partial charge is 0.385 e. The number of benzene rings is 3. The van der Waals surface area contributed by atoms with Gasteiger partial charge in [0.25, 0.3) is 0 Å². The summed E-state index contributed by atoms with van der Waals surface area (Å²) in [5.74, 6) is 0.234. The van der Waals surface area contributed by atoms with E-state index in [9.17, 15) is 9.90 Å². The number of rotatable bonds is 7. The van der Waals surface area contributed by atoms with E-state index in [1.165, 1.54) is 6.42 Å². The number of nitrogens with zero attached hydrogens (tertiary/aromatic N) is 2. The van der Waals surface area contributed by atoms with Crippen LogP contribution in [-0.2, 0) is 15.8 Å². The van der Waals surface area contributed by atoms with Crippen LogP contribution >= 0.6 is 0 Å². The molecule has 0 radical (unpaired) electrons. The highest BCUT2D eigenvalue weighted by Gasteiger charge is 2.45. The first kappa shape index (κ1) is 24.7. The topological polar surface area (TPSA) is 43.8 Å². The van der Waals surface area contributed by atoms with Crippen molar-refractivity contribution < 1.29 is 9.90 Å². The van der Waals surface area contributed by atoms with Crippen LogP contribution in [0.1, 0.15) is 55.2 Å². The number of piperidine rings is 2. The first-order chi connectivity index (χ1) is 17.6. The number of carbonyl (C=O) groups excluding carboxylic acids is 1. The average molecular weight is 483 g/mol. The molecule has 2 aliphatic rings. The third-order valence-electron chi connectivity index (χ3n) is 8.34. The van der Waals surface area contributed by atoms with E-state index in [0.717, 1.165) is 68.7 Å². The lowest BCUT2D eigenvalue weighted by molar-refractivity contribution is -0.137. The Morgan fingerprint density at radius 2 is 1.22 bits per heavy atom. The third kappa shape index (κ3) is 4.98. The number of amides is 1. The van der Waals surface area contributed by atoms with Gasteiger partial charge >= 0.3 is 0 Å². The minimum absolute atomic E-state index is 0.234. The van der Waals surface area contributed by atoms with E-state index in [0.29, 0.717) is 12.8 Å². The van der Waals surface area contributed by atoms with Crippen LogP contribution in [-0.4, -0.2) is 53.5 Å². The summed E-state index contributed by atoms with van der Waals surface area (Å²) < 4.78 is 0. The van der Waals surface area contributed by atoms with Crippen molar-refractivity contribution in [2.24, 2.45) is 0 Å². The molecule has 36 heavy (non-hydrogen) atoms. The molecule has 3 aromatic carbocycles. The lowest BCUT2D eigenvalue weighted by atomic mass is 9.70. The van der Waals surface area contributed by atoms with Crippen LogP contribution in [0.3, 0.4) is 0 Å². The van der Waals surface area contributed by atoms with Gasteiger partial charge < -0.3 is 14.9 Å². The fraction of sp³-hybridized carbons (Fsp3) is 0.406. The lowest BCUT2D eigenvalue weighted by Gasteiger charge is -2.43. The van der Waals surface area contributed by atoms with E-state index >= 15 is 0 Å². The predicted octanol–water partition coefficient (Wildman–Crippen LogP) is 5.36. The molecule has 5 rings (SSSR count). The van der Waals surface area contributed by atoms with Crippen molar-refractivity contribution in [1.29, 1.82) is 0 Å². The molecule has 0 atom stereocenters. The van der Waals surface area contributed by atoms with Crippen molar-refractivity contribution in [2.45, 2.75) is 49.5 Å². The summed E-state index contributed by atoms with van der Waals surface area (Å²) in [5.41, 5.74) is 1.67. The summed E-state index contributed by atoms with van der Waals surface area (Å²) in [6.45, 7) is 4.14. The maximum absolute atomic E-state index is 14.4. The van der Waals surface area contributed by atoms with Gasteiger partial charge in [0.05, 0.1) is 5.60 Å². The summed E-state index contributed by atoms with van der Waals surface area (Å²) >= 11 is 0. The molecular weight excluding hydrogens is 444 g/mol. The second-order valence-corrected chi connectivity index (χ2v) is 10.5. The molecule has 0 aliphatic carbocycles. The monoisotopic (exact) mass is 482 g/mol. The third-order valence-corrected chi connectivity index (χ3v) is 8.34. The van der Waals surface area contributed by atoms with Gasteiger partial charge in [0, 0.05) is 26.2 Å². The molecule has 0 spiro atoms. The van der Waals surface area contributed by atoms with Crippen LogP contribution < -0.4 is 0 Å². The first-order valence-electron chi connectivity index (χ1n) is 13.5. The van der Waals surface area contributed by atoms with Crippen LogP contribution in [0.4, 0.5) is 0 Å². The van der Waals surface area contributed by atoms with Gasteiger partial charge in [-0.3, -0.25) is 4.79 Å². The average Bonchev–Trinajstić information content (AvgIpc) is 2.96. The Morgan fingerprint density at radius 1 is 0.722 bits per heavy atom. The van der Waals surface area contributed by atoms with Crippen LogP contribution in [0.5, 0.6) is 0 Å². The molecule has 0 bridgehead atoms. The van der Waals surface area contributed by atoms with Gasteiger partial charge in [0.15, 0.2) is 0 Å². The van der Waals surface area contributed by atoms with Crippen molar-refractivity contribution in [3.8, 4) is 0 Å². The molecule has 2 saturated heterocycles. The highest BCUT2D eigenvalue weighted by molar-refractivity contribution is 5.92. The number of hydrogen-bond acceptors (Lipinski definition) is 3. The van der Waals surface area contributed by atoms with Crippen molar-refractivity contribution in [3.05, 3.63) is 108 Å². The molecule has 0 saturated carbocycles. The Balaban J connectivity index is 1.42. The Kier molecular flexibility index (Phi) is 7.54. The smallest absolute Gasteiger partial charge is 0.237 e. The van der Waals surface area contributed by atoms with Crippen LogP contribution in [0, 0.1) is 0 Å². The van der Waals surface area contributed by atoms with Crippen LogP contribution in [0.25, 0.3) is 0 Å². The molecule has 3 aromatic rings. The van der Waals surface area contributed by atoms with Crippen molar-refractivity contribution in [1.82, 2.24) is 9.80 Å². The Morgan fingerprint density at radius 3 is 1.75 bits per heavy atom. The number of hydrogen-bond donors (Lipinski definition) is 1. The number of aliphatic hydroxyl groups is 1. The van der Waals surface area contributed by atoms with Gasteiger partial charge in [-0.05, 0) is 61.8 Å². The molecule has 2 aliphatic heterocycles. The van der Waals surface area contributed by atoms with E-state index in [1.54, 1.807) is 0 Å². The minimum Gasteiger partial charge on any atom is -0.385 e. The minimum atomic E-state index is -0.767. The maximum Gasteiger partial charge on any atom is 0.237 e. The van der Waals surface area contributed by atoms with Gasteiger partial charge in [0.2, 0.25) is 5.91 Å². The van der Waals surface area contributed by atoms with Gasteiger partial charge in [0.1, 0.15) is 5.41 Å². The fourth-order valence-corrected chi connectivity index (χ4v) is 6.13. The Labute approximate surface area is 215 Å². The molecule has 4 heteroatoms. The molecule has 1 amide bonds. The summed E-state index contributed by atoms with van der Waals surface area (Å²) in [7, 11) is 0.